The number of rotatable bonds is 4. The Labute approximate surface area is 95.8 Å². The second-order valence-electron chi connectivity index (χ2n) is 3.68. The summed E-state index contributed by atoms with van der Waals surface area (Å²) < 4.78 is 6.61. The molecule has 90 valence electrons. The number of aliphatic hydroxyl groups excluding tert-OH is 1. The van der Waals surface area contributed by atoms with E-state index < -0.39 is 0 Å². The zero-order chi connectivity index (χ0) is 12.3. The summed E-state index contributed by atoms with van der Waals surface area (Å²) in [4.78, 5) is 11.8. The topological polar surface area (TPSA) is 51.5 Å². The van der Waals surface area contributed by atoms with Gasteiger partial charge in [0.2, 0.25) is 0 Å². The lowest BCUT2D eigenvalue weighted by Gasteiger charge is -2.08. The molecule has 0 aliphatic heterocycles. The molecule has 4 heteroatoms. The number of hydrogen-bond donors (Lipinski definition) is 1. The number of aromatic nitrogens is 1. The number of esters is 1. The van der Waals surface area contributed by atoms with Crippen molar-refractivity contribution in [2.24, 2.45) is 0 Å². The van der Waals surface area contributed by atoms with E-state index in [1.165, 1.54) is 0 Å². The molecule has 0 amide bonds. The van der Waals surface area contributed by atoms with E-state index in [0.29, 0.717) is 12.3 Å². The summed E-state index contributed by atoms with van der Waals surface area (Å²) in [6.45, 7) is 7.77. The molecular formula is C12H19NO3. The van der Waals surface area contributed by atoms with Crippen molar-refractivity contribution < 1.29 is 14.6 Å². The molecule has 0 atom stereocenters. The second kappa shape index (κ2) is 5.16. The van der Waals surface area contributed by atoms with Crippen LogP contribution in [0.1, 0.15) is 41.2 Å². The van der Waals surface area contributed by atoms with Gasteiger partial charge in [0.05, 0.1) is 6.61 Å². The lowest BCUT2D eigenvalue weighted by atomic mass is 10.1. The van der Waals surface area contributed by atoms with Gasteiger partial charge in [-0.15, -0.1) is 0 Å². The van der Waals surface area contributed by atoms with Gasteiger partial charge in [0, 0.05) is 5.69 Å². The molecule has 0 bridgehead atoms. The van der Waals surface area contributed by atoms with Crippen LogP contribution in [0.15, 0.2) is 0 Å². The number of hydrogen-bond acceptors (Lipinski definition) is 3. The SMILES string of the molecule is CCOC(=O)c1c(CC)c(C)c(C)n1CO. The van der Waals surface area contributed by atoms with Crippen LogP contribution in [-0.4, -0.2) is 22.2 Å². The van der Waals surface area contributed by atoms with E-state index in [9.17, 15) is 9.90 Å². The van der Waals surface area contributed by atoms with Crippen molar-refractivity contribution in [3.05, 3.63) is 22.5 Å². The zero-order valence-corrected chi connectivity index (χ0v) is 10.3. The van der Waals surface area contributed by atoms with Crippen LogP contribution in [-0.2, 0) is 17.9 Å². The Morgan fingerprint density at radius 1 is 1.38 bits per heavy atom. The van der Waals surface area contributed by atoms with E-state index in [-0.39, 0.29) is 12.7 Å². The fourth-order valence-corrected chi connectivity index (χ4v) is 1.97. The quantitative estimate of drug-likeness (QED) is 0.795. The fourth-order valence-electron chi connectivity index (χ4n) is 1.97. The Morgan fingerprint density at radius 3 is 2.44 bits per heavy atom. The van der Waals surface area contributed by atoms with Gasteiger partial charge >= 0.3 is 5.97 Å². The van der Waals surface area contributed by atoms with Crippen LogP contribution in [0.3, 0.4) is 0 Å². The monoisotopic (exact) mass is 225 g/mol. The average molecular weight is 225 g/mol. The summed E-state index contributed by atoms with van der Waals surface area (Å²) in [5, 5.41) is 9.30. The summed E-state index contributed by atoms with van der Waals surface area (Å²) >= 11 is 0. The van der Waals surface area contributed by atoms with Gasteiger partial charge in [0.15, 0.2) is 0 Å². The standard InChI is InChI=1S/C12H19NO3/c1-5-10-8(3)9(4)13(7-14)11(10)12(15)16-6-2/h14H,5-7H2,1-4H3. The number of nitrogens with zero attached hydrogens (tertiary/aromatic N) is 1. The molecule has 0 aliphatic rings. The van der Waals surface area contributed by atoms with Crippen molar-refractivity contribution in [3.8, 4) is 0 Å². The molecule has 0 saturated carbocycles. The van der Waals surface area contributed by atoms with Gasteiger partial charge in [-0.3, -0.25) is 0 Å². The molecule has 0 fully saturated rings. The molecule has 1 aromatic heterocycles. The van der Waals surface area contributed by atoms with Crippen molar-refractivity contribution in [1.29, 1.82) is 0 Å². The highest BCUT2D eigenvalue weighted by Crippen LogP contribution is 2.23. The molecule has 0 radical (unpaired) electrons. The Kier molecular flexibility index (Phi) is 4.12. The predicted octanol–water partition coefficient (Wildman–Crippen LogP) is 1.79. The highest BCUT2D eigenvalue weighted by Gasteiger charge is 2.22. The Hall–Kier alpha value is -1.29. The normalized spacial score (nSPS) is 10.6. The smallest absolute Gasteiger partial charge is 0.355 e. The molecule has 1 rings (SSSR count). The van der Waals surface area contributed by atoms with Gasteiger partial charge in [-0.1, -0.05) is 6.92 Å². The van der Waals surface area contributed by atoms with Crippen molar-refractivity contribution in [2.75, 3.05) is 6.61 Å². The summed E-state index contributed by atoms with van der Waals surface area (Å²) in [7, 11) is 0. The summed E-state index contributed by atoms with van der Waals surface area (Å²) in [5.41, 5.74) is 3.42. The minimum atomic E-state index is -0.357. The molecule has 0 saturated heterocycles. The van der Waals surface area contributed by atoms with Crippen LogP contribution in [0.4, 0.5) is 0 Å². The molecule has 0 aromatic carbocycles. The summed E-state index contributed by atoms with van der Waals surface area (Å²) in [6, 6.07) is 0. The molecule has 4 nitrogen and oxygen atoms in total. The molecule has 1 heterocycles. The van der Waals surface area contributed by atoms with Crippen molar-refractivity contribution >= 4 is 5.97 Å². The van der Waals surface area contributed by atoms with Gasteiger partial charge in [0.25, 0.3) is 0 Å². The van der Waals surface area contributed by atoms with Crippen molar-refractivity contribution in [3.63, 3.8) is 0 Å². The maximum absolute atomic E-state index is 11.8. The second-order valence-corrected chi connectivity index (χ2v) is 3.68. The maximum Gasteiger partial charge on any atom is 0.355 e. The van der Waals surface area contributed by atoms with Gasteiger partial charge in [-0.05, 0) is 38.3 Å². The largest absolute Gasteiger partial charge is 0.461 e. The van der Waals surface area contributed by atoms with E-state index in [4.69, 9.17) is 4.74 Å². The van der Waals surface area contributed by atoms with E-state index >= 15 is 0 Å². The van der Waals surface area contributed by atoms with Crippen LogP contribution in [0.2, 0.25) is 0 Å². The van der Waals surface area contributed by atoms with E-state index in [2.05, 4.69) is 0 Å². The third-order valence-electron chi connectivity index (χ3n) is 2.92. The van der Waals surface area contributed by atoms with E-state index in [1.807, 2.05) is 20.8 Å². The third-order valence-corrected chi connectivity index (χ3v) is 2.92. The average Bonchev–Trinajstić information content (AvgIpc) is 2.51. The van der Waals surface area contributed by atoms with Gasteiger partial charge < -0.3 is 14.4 Å². The number of carbonyl (C=O) groups excluding carboxylic acids is 1. The minimum absolute atomic E-state index is 0.194. The Morgan fingerprint density at radius 2 is 2.00 bits per heavy atom. The van der Waals surface area contributed by atoms with Crippen LogP contribution in [0, 0.1) is 13.8 Å². The van der Waals surface area contributed by atoms with Gasteiger partial charge in [-0.2, -0.15) is 0 Å². The first-order valence-electron chi connectivity index (χ1n) is 5.54. The highest BCUT2D eigenvalue weighted by molar-refractivity contribution is 5.90. The van der Waals surface area contributed by atoms with Gasteiger partial charge in [0.1, 0.15) is 12.4 Å². The van der Waals surface area contributed by atoms with Crippen molar-refractivity contribution in [2.45, 2.75) is 40.8 Å². The Bertz CT molecular complexity index is 366. The first kappa shape index (κ1) is 12.8. The van der Waals surface area contributed by atoms with Crippen molar-refractivity contribution in [1.82, 2.24) is 4.57 Å². The first-order chi connectivity index (χ1) is 7.58. The molecule has 1 aromatic rings. The first-order valence-corrected chi connectivity index (χ1v) is 5.54. The number of aliphatic hydroxyl groups is 1. The van der Waals surface area contributed by atoms with E-state index in [0.717, 1.165) is 23.2 Å². The summed E-state index contributed by atoms with van der Waals surface area (Å²) in [6.07, 6.45) is 0.758. The lowest BCUT2D eigenvalue weighted by molar-refractivity contribution is 0.0501. The summed E-state index contributed by atoms with van der Waals surface area (Å²) in [5.74, 6) is -0.357. The van der Waals surface area contributed by atoms with E-state index in [1.54, 1.807) is 11.5 Å². The predicted molar refractivity (Wildman–Crippen MR) is 61.5 cm³/mol. The number of carbonyl (C=O) groups is 1. The molecular weight excluding hydrogens is 206 g/mol. The van der Waals surface area contributed by atoms with Gasteiger partial charge in [-0.25, -0.2) is 4.79 Å². The van der Waals surface area contributed by atoms with Crippen LogP contribution < -0.4 is 0 Å². The lowest BCUT2D eigenvalue weighted by Crippen LogP contribution is -2.14. The zero-order valence-electron chi connectivity index (χ0n) is 10.3. The van der Waals surface area contributed by atoms with Crippen LogP contribution in [0.25, 0.3) is 0 Å². The van der Waals surface area contributed by atoms with Crippen LogP contribution in [0.5, 0.6) is 0 Å². The maximum atomic E-state index is 11.8. The number of ether oxygens (including phenoxy) is 1. The molecule has 0 aliphatic carbocycles. The molecule has 0 spiro atoms. The highest BCUT2D eigenvalue weighted by atomic mass is 16.5. The molecule has 1 N–H and O–H groups in total. The third kappa shape index (κ3) is 1.97. The molecule has 0 unspecified atom stereocenters. The Balaban J connectivity index is 3.33. The van der Waals surface area contributed by atoms with Crippen LogP contribution >= 0.6 is 0 Å². The molecule has 16 heavy (non-hydrogen) atoms. The fraction of sp³-hybridized carbons (Fsp3) is 0.583. The minimum Gasteiger partial charge on any atom is -0.461 e.